The normalized spacial score (nSPS) is 11.3. The van der Waals surface area contributed by atoms with Crippen molar-refractivity contribution in [2.24, 2.45) is 0 Å². The Morgan fingerprint density at radius 3 is 2.67 bits per heavy atom. The molecule has 7 heteroatoms. The molecular formula is C20H24FN5O. The van der Waals surface area contributed by atoms with Gasteiger partial charge in [0, 0.05) is 30.7 Å². The Labute approximate surface area is 158 Å². The highest BCUT2D eigenvalue weighted by Crippen LogP contribution is 2.22. The lowest BCUT2D eigenvalue weighted by Gasteiger charge is -2.17. The molecule has 0 aliphatic heterocycles. The standard InChI is InChI=1S/C20H24FN5O/c1-3-25(4-2)12-5-10-23-20(27)17-14-26-13-11-22-18(19(26)24-17)15-6-8-16(21)9-7-15/h6-9,11,13-14H,3-5,10,12H2,1-2H3,(H,23,27). The Morgan fingerprint density at radius 2 is 1.96 bits per heavy atom. The van der Waals surface area contributed by atoms with E-state index < -0.39 is 0 Å². The van der Waals surface area contributed by atoms with Gasteiger partial charge in [0.05, 0.1) is 0 Å². The van der Waals surface area contributed by atoms with Crippen molar-refractivity contribution >= 4 is 11.6 Å². The number of nitrogens with zero attached hydrogens (tertiary/aromatic N) is 4. The first-order chi connectivity index (χ1) is 13.1. The van der Waals surface area contributed by atoms with Gasteiger partial charge in [-0.1, -0.05) is 13.8 Å². The Bertz CT molecular complexity index is 902. The van der Waals surface area contributed by atoms with Crippen molar-refractivity contribution in [3.8, 4) is 11.3 Å². The monoisotopic (exact) mass is 369 g/mol. The van der Waals surface area contributed by atoms with Gasteiger partial charge in [0.2, 0.25) is 0 Å². The molecule has 0 aliphatic carbocycles. The van der Waals surface area contributed by atoms with Crippen LogP contribution in [-0.2, 0) is 0 Å². The van der Waals surface area contributed by atoms with Gasteiger partial charge in [-0.25, -0.2) is 9.37 Å². The summed E-state index contributed by atoms with van der Waals surface area (Å²) in [5.41, 5.74) is 2.27. The molecule has 0 spiro atoms. The van der Waals surface area contributed by atoms with Crippen LogP contribution < -0.4 is 5.32 Å². The van der Waals surface area contributed by atoms with Crippen molar-refractivity contribution in [1.82, 2.24) is 24.6 Å². The summed E-state index contributed by atoms with van der Waals surface area (Å²) in [7, 11) is 0. The number of fused-ring (bicyclic) bond motifs is 1. The zero-order valence-corrected chi connectivity index (χ0v) is 15.7. The largest absolute Gasteiger partial charge is 0.351 e. The fraction of sp³-hybridized carbons (Fsp3) is 0.350. The summed E-state index contributed by atoms with van der Waals surface area (Å²) >= 11 is 0. The highest BCUT2D eigenvalue weighted by Gasteiger charge is 2.14. The minimum Gasteiger partial charge on any atom is -0.351 e. The van der Waals surface area contributed by atoms with E-state index >= 15 is 0 Å². The second kappa shape index (κ2) is 8.73. The van der Waals surface area contributed by atoms with E-state index in [0.717, 1.165) is 31.6 Å². The molecule has 0 fully saturated rings. The zero-order valence-electron chi connectivity index (χ0n) is 15.7. The van der Waals surface area contributed by atoms with Gasteiger partial charge in [-0.2, -0.15) is 0 Å². The molecule has 0 atom stereocenters. The lowest BCUT2D eigenvalue weighted by Crippen LogP contribution is -2.30. The maximum absolute atomic E-state index is 13.2. The van der Waals surface area contributed by atoms with Crippen LogP contribution in [0.5, 0.6) is 0 Å². The molecule has 3 rings (SSSR count). The predicted octanol–water partition coefficient (Wildman–Crippen LogP) is 3.00. The van der Waals surface area contributed by atoms with Gasteiger partial charge in [0.25, 0.3) is 5.91 Å². The number of nitrogens with one attached hydrogen (secondary N) is 1. The SMILES string of the molecule is CCN(CC)CCCNC(=O)c1cn2ccnc(-c3ccc(F)cc3)c2n1. The van der Waals surface area contributed by atoms with Crippen molar-refractivity contribution < 1.29 is 9.18 Å². The van der Waals surface area contributed by atoms with Gasteiger partial charge in [0.1, 0.15) is 17.2 Å². The Hall–Kier alpha value is -2.80. The minimum absolute atomic E-state index is 0.205. The average Bonchev–Trinajstić information content (AvgIpc) is 3.13. The molecule has 27 heavy (non-hydrogen) atoms. The second-order valence-corrected chi connectivity index (χ2v) is 6.28. The summed E-state index contributed by atoms with van der Waals surface area (Å²) in [6.07, 6.45) is 5.96. The van der Waals surface area contributed by atoms with Crippen molar-refractivity contribution in [3.05, 3.63) is 54.4 Å². The number of carbonyl (C=O) groups is 1. The molecular weight excluding hydrogens is 345 g/mol. The number of halogens is 1. The number of benzene rings is 1. The van der Waals surface area contributed by atoms with Gasteiger partial charge in [-0.3, -0.25) is 9.78 Å². The second-order valence-electron chi connectivity index (χ2n) is 6.28. The van der Waals surface area contributed by atoms with Gasteiger partial charge in [-0.05, 0) is 50.3 Å². The highest BCUT2D eigenvalue weighted by molar-refractivity contribution is 5.93. The number of aromatic nitrogens is 3. The summed E-state index contributed by atoms with van der Waals surface area (Å²) in [5, 5.41) is 2.92. The quantitative estimate of drug-likeness (QED) is 0.620. The smallest absolute Gasteiger partial charge is 0.271 e. The van der Waals surface area contributed by atoms with Crippen molar-refractivity contribution in [1.29, 1.82) is 0 Å². The van der Waals surface area contributed by atoms with Gasteiger partial charge in [-0.15, -0.1) is 0 Å². The van der Waals surface area contributed by atoms with Crippen LogP contribution in [0.2, 0.25) is 0 Å². The number of imidazole rings is 1. The fourth-order valence-corrected chi connectivity index (χ4v) is 2.98. The third kappa shape index (κ3) is 4.49. The third-order valence-corrected chi connectivity index (χ3v) is 4.56. The molecule has 3 aromatic rings. The molecule has 0 aliphatic rings. The Morgan fingerprint density at radius 1 is 1.22 bits per heavy atom. The molecule has 1 N–H and O–H groups in total. The number of hydrogen-bond acceptors (Lipinski definition) is 4. The van der Waals surface area contributed by atoms with E-state index in [1.807, 2.05) is 0 Å². The Kier molecular flexibility index (Phi) is 6.13. The van der Waals surface area contributed by atoms with Crippen LogP contribution in [0.1, 0.15) is 30.8 Å². The topological polar surface area (TPSA) is 62.5 Å². The first-order valence-electron chi connectivity index (χ1n) is 9.22. The molecule has 2 heterocycles. The van der Waals surface area contributed by atoms with Crippen LogP contribution in [0.4, 0.5) is 4.39 Å². The van der Waals surface area contributed by atoms with E-state index in [4.69, 9.17) is 0 Å². The molecule has 1 aromatic carbocycles. The molecule has 2 aromatic heterocycles. The van der Waals surface area contributed by atoms with Gasteiger partial charge >= 0.3 is 0 Å². The molecule has 6 nitrogen and oxygen atoms in total. The van der Waals surface area contributed by atoms with Crippen molar-refractivity contribution in [2.75, 3.05) is 26.2 Å². The molecule has 0 unspecified atom stereocenters. The van der Waals surface area contributed by atoms with E-state index in [2.05, 4.69) is 34.0 Å². The highest BCUT2D eigenvalue weighted by atomic mass is 19.1. The van der Waals surface area contributed by atoms with Crippen molar-refractivity contribution in [3.63, 3.8) is 0 Å². The fourth-order valence-electron chi connectivity index (χ4n) is 2.98. The number of hydrogen-bond donors (Lipinski definition) is 1. The first-order valence-corrected chi connectivity index (χ1v) is 9.22. The molecule has 0 saturated carbocycles. The van der Waals surface area contributed by atoms with Crippen LogP contribution in [0, 0.1) is 5.82 Å². The van der Waals surface area contributed by atoms with E-state index in [1.54, 1.807) is 35.1 Å². The lowest BCUT2D eigenvalue weighted by atomic mass is 10.1. The predicted molar refractivity (Wildman–Crippen MR) is 103 cm³/mol. The van der Waals surface area contributed by atoms with Crippen LogP contribution in [0.15, 0.2) is 42.9 Å². The summed E-state index contributed by atoms with van der Waals surface area (Å²) in [5.74, 6) is -0.512. The first kappa shape index (κ1) is 19.0. The van der Waals surface area contributed by atoms with Crippen LogP contribution >= 0.6 is 0 Å². The molecule has 0 saturated heterocycles. The number of rotatable bonds is 8. The van der Waals surface area contributed by atoms with E-state index in [9.17, 15) is 9.18 Å². The molecule has 1 amide bonds. The van der Waals surface area contributed by atoms with E-state index in [1.165, 1.54) is 12.1 Å². The van der Waals surface area contributed by atoms with Crippen LogP contribution in [0.25, 0.3) is 16.9 Å². The minimum atomic E-state index is -0.307. The summed E-state index contributed by atoms with van der Waals surface area (Å²) in [4.78, 5) is 23.5. The van der Waals surface area contributed by atoms with Crippen LogP contribution in [-0.4, -0.2) is 51.4 Å². The summed E-state index contributed by atoms with van der Waals surface area (Å²) in [6, 6.07) is 6.07. The van der Waals surface area contributed by atoms with E-state index in [-0.39, 0.29) is 11.7 Å². The lowest BCUT2D eigenvalue weighted by molar-refractivity contribution is 0.0947. The maximum Gasteiger partial charge on any atom is 0.271 e. The third-order valence-electron chi connectivity index (χ3n) is 4.56. The Balaban J connectivity index is 1.72. The number of amides is 1. The average molecular weight is 369 g/mol. The molecule has 142 valence electrons. The van der Waals surface area contributed by atoms with Crippen LogP contribution in [0.3, 0.4) is 0 Å². The van der Waals surface area contributed by atoms with Gasteiger partial charge < -0.3 is 14.6 Å². The molecule has 0 radical (unpaired) electrons. The zero-order chi connectivity index (χ0) is 19.2. The van der Waals surface area contributed by atoms with E-state index in [0.29, 0.717) is 23.6 Å². The summed E-state index contributed by atoms with van der Waals surface area (Å²) < 4.78 is 14.9. The summed E-state index contributed by atoms with van der Waals surface area (Å²) in [6.45, 7) is 7.84. The maximum atomic E-state index is 13.2. The molecule has 0 bridgehead atoms. The van der Waals surface area contributed by atoms with Gasteiger partial charge in [0.15, 0.2) is 5.65 Å². The number of carbonyl (C=O) groups excluding carboxylic acids is 1. The van der Waals surface area contributed by atoms with Crippen molar-refractivity contribution in [2.45, 2.75) is 20.3 Å².